The lowest BCUT2D eigenvalue weighted by Gasteiger charge is -2.32. The standard InChI is InChI=1S/C15H14ClO2PS.C15H16OS/c16-19(17)18-14(12-7-3-1-4-8-12)11-15(20-19)13-9-5-2-6-10-13;16-14(12-7-3-1-4-8-12)11-15(17)13-9-5-2-6-10-13/h1-10,14-15H,11H2;1-10,14-17H,11H2. The molecule has 7 heteroatoms. The molecule has 1 N–H and O–H groups in total. The van der Waals surface area contributed by atoms with Gasteiger partial charge in [-0.05, 0) is 57.7 Å². The molecule has 0 aromatic heterocycles. The Labute approximate surface area is 233 Å². The molecule has 4 aromatic carbocycles. The number of thiol groups is 1. The first-order valence-corrected chi connectivity index (χ1v) is 16.7. The molecule has 192 valence electrons. The van der Waals surface area contributed by atoms with Crippen LogP contribution in [0.3, 0.4) is 0 Å². The molecule has 0 saturated carbocycles. The Morgan fingerprint density at radius 1 is 0.811 bits per heavy atom. The van der Waals surface area contributed by atoms with E-state index in [1.807, 2.05) is 121 Å². The number of hydrogen-bond acceptors (Lipinski definition) is 5. The normalized spacial score (nSPS) is 22.8. The van der Waals surface area contributed by atoms with Crippen molar-refractivity contribution in [3.05, 3.63) is 144 Å². The fraction of sp³-hybridized carbons (Fsp3) is 0.200. The molecule has 5 atom stereocenters. The van der Waals surface area contributed by atoms with E-state index < -0.39 is 12.0 Å². The summed E-state index contributed by atoms with van der Waals surface area (Å²) >= 11 is 11.8. The molecule has 3 nitrogen and oxygen atoms in total. The predicted octanol–water partition coefficient (Wildman–Crippen LogP) is 9.75. The van der Waals surface area contributed by atoms with Gasteiger partial charge in [0.05, 0.1) is 12.2 Å². The second-order valence-corrected chi connectivity index (χ2v) is 15.3. The highest BCUT2D eigenvalue weighted by Gasteiger charge is 2.38. The van der Waals surface area contributed by atoms with E-state index in [1.54, 1.807) is 0 Å². The van der Waals surface area contributed by atoms with Crippen molar-refractivity contribution in [3.8, 4) is 0 Å². The van der Waals surface area contributed by atoms with Crippen LogP contribution in [0, 0.1) is 0 Å². The maximum Gasteiger partial charge on any atom is 0.347 e. The van der Waals surface area contributed by atoms with E-state index in [-0.39, 0.29) is 16.6 Å². The van der Waals surface area contributed by atoms with Crippen molar-refractivity contribution >= 4 is 41.2 Å². The number of benzene rings is 4. The second kappa shape index (κ2) is 13.7. The lowest BCUT2D eigenvalue weighted by Crippen LogP contribution is -2.10. The van der Waals surface area contributed by atoms with E-state index in [1.165, 1.54) is 11.4 Å². The number of halogens is 1. The molecule has 4 aromatic rings. The zero-order valence-corrected chi connectivity index (χ0v) is 23.6. The fourth-order valence-corrected chi connectivity index (χ4v) is 9.10. The van der Waals surface area contributed by atoms with Crippen LogP contribution in [-0.2, 0) is 9.09 Å². The Kier molecular flexibility index (Phi) is 10.4. The lowest BCUT2D eigenvalue weighted by atomic mass is 10.0. The minimum absolute atomic E-state index is 0.0615. The van der Waals surface area contributed by atoms with Gasteiger partial charge in [-0.3, -0.25) is 4.57 Å². The number of hydrogen-bond donors (Lipinski definition) is 2. The van der Waals surface area contributed by atoms with Crippen molar-refractivity contribution in [2.45, 2.75) is 35.5 Å². The van der Waals surface area contributed by atoms with Gasteiger partial charge in [-0.25, -0.2) is 0 Å². The van der Waals surface area contributed by atoms with Gasteiger partial charge in [0, 0.05) is 10.5 Å². The van der Waals surface area contributed by atoms with Crippen LogP contribution < -0.4 is 0 Å². The van der Waals surface area contributed by atoms with Gasteiger partial charge in [-0.2, -0.15) is 12.6 Å². The molecule has 1 fully saturated rings. The summed E-state index contributed by atoms with van der Waals surface area (Å²) in [7, 11) is 0. The predicted molar refractivity (Wildman–Crippen MR) is 159 cm³/mol. The van der Waals surface area contributed by atoms with Crippen LogP contribution in [-0.4, -0.2) is 5.11 Å². The highest BCUT2D eigenvalue weighted by Crippen LogP contribution is 2.75. The summed E-state index contributed by atoms with van der Waals surface area (Å²) in [5, 5.41) is 10.3. The third-order valence-corrected chi connectivity index (χ3v) is 10.8. The van der Waals surface area contributed by atoms with Crippen molar-refractivity contribution < 1.29 is 14.2 Å². The molecule has 5 rings (SSSR count). The van der Waals surface area contributed by atoms with Crippen molar-refractivity contribution in [1.29, 1.82) is 0 Å². The molecule has 0 radical (unpaired) electrons. The molecule has 1 heterocycles. The van der Waals surface area contributed by atoms with Gasteiger partial charge in [0.15, 0.2) is 0 Å². The van der Waals surface area contributed by atoms with E-state index in [9.17, 15) is 9.67 Å². The number of aliphatic hydroxyl groups excluding tert-OH is 1. The molecule has 0 spiro atoms. The Hall–Kier alpha value is -1.98. The van der Waals surface area contributed by atoms with Gasteiger partial charge in [0.25, 0.3) is 0 Å². The van der Waals surface area contributed by atoms with Gasteiger partial charge in [-0.1, -0.05) is 121 Å². The molecular formula is C30H30ClO3PS2. The van der Waals surface area contributed by atoms with E-state index in [0.29, 0.717) is 6.42 Å². The van der Waals surface area contributed by atoms with Crippen LogP contribution in [0.4, 0.5) is 0 Å². The summed E-state index contributed by atoms with van der Waals surface area (Å²) in [5.41, 5.74) is 4.26. The van der Waals surface area contributed by atoms with E-state index in [4.69, 9.17) is 15.8 Å². The van der Waals surface area contributed by atoms with Gasteiger partial charge in [0.1, 0.15) is 0 Å². The van der Waals surface area contributed by atoms with Crippen molar-refractivity contribution in [3.63, 3.8) is 0 Å². The van der Waals surface area contributed by atoms with Crippen LogP contribution in [0.15, 0.2) is 121 Å². The average molecular weight is 569 g/mol. The summed E-state index contributed by atoms with van der Waals surface area (Å²) < 4.78 is 17.9. The molecular weight excluding hydrogens is 539 g/mol. The van der Waals surface area contributed by atoms with Crippen LogP contribution in [0.2, 0.25) is 0 Å². The van der Waals surface area contributed by atoms with Gasteiger partial charge >= 0.3 is 5.92 Å². The maximum absolute atomic E-state index is 12.3. The first-order chi connectivity index (χ1) is 17.9. The second-order valence-electron chi connectivity index (χ2n) is 8.76. The van der Waals surface area contributed by atoms with Crippen molar-refractivity contribution in [2.24, 2.45) is 0 Å². The summed E-state index contributed by atoms with van der Waals surface area (Å²) in [6.07, 6.45) is 0.719. The number of aliphatic hydroxyl groups is 1. The minimum atomic E-state index is -3.14. The Bertz CT molecular complexity index is 1170. The minimum Gasteiger partial charge on any atom is -0.388 e. The molecule has 0 bridgehead atoms. The van der Waals surface area contributed by atoms with Crippen LogP contribution in [0.1, 0.15) is 57.8 Å². The van der Waals surface area contributed by atoms with Crippen molar-refractivity contribution in [1.82, 2.24) is 0 Å². The lowest BCUT2D eigenvalue weighted by molar-refractivity contribution is 0.167. The molecule has 0 amide bonds. The highest BCUT2D eigenvalue weighted by atomic mass is 35.7. The Balaban J connectivity index is 0.000000176. The summed E-state index contributed by atoms with van der Waals surface area (Å²) in [4.78, 5) is 0. The van der Waals surface area contributed by atoms with E-state index in [0.717, 1.165) is 28.7 Å². The molecule has 37 heavy (non-hydrogen) atoms. The zero-order valence-electron chi connectivity index (χ0n) is 20.2. The topological polar surface area (TPSA) is 46.5 Å². The largest absolute Gasteiger partial charge is 0.388 e. The SMILES string of the molecule is O=P1(Cl)OC(c2ccccc2)CC(c2ccccc2)S1.OC(CC(S)c1ccccc1)c1ccccc1. The first-order valence-electron chi connectivity index (χ1n) is 12.1. The fourth-order valence-electron chi connectivity index (χ4n) is 4.17. The Morgan fingerprint density at radius 3 is 1.81 bits per heavy atom. The quantitative estimate of drug-likeness (QED) is 0.179. The summed E-state index contributed by atoms with van der Waals surface area (Å²) in [6, 6.07) is 39.6. The van der Waals surface area contributed by atoms with Crippen LogP contribution in [0.5, 0.6) is 0 Å². The van der Waals surface area contributed by atoms with Crippen LogP contribution in [0.25, 0.3) is 0 Å². The molecule has 1 aliphatic heterocycles. The van der Waals surface area contributed by atoms with Gasteiger partial charge in [-0.15, -0.1) is 0 Å². The number of rotatable bonds is 6. The molecule has 1 saturated heterocycles. The zero-order chi connectivity index (χ0) is 26.1. The van der Waals surface area contributed by atoms with Crippen LogP contribution >= 0.6 is 41.2 Å². The van der Waals surface area contributed by atoms with E-state index in [2.05, 4.69) is 12.6 Å². The molecule has 1 aliphatic rings. The summed E-state index contributed by atoms with van der Waals surface area (Å²) in [5.74, 6) is -3.14. The highest BCUT2D eigenvalue weighted by molar-refractivity contribution is 8.63. The van der Waals surface area contributed by atoms with Crippen molar-refractivity contribution in [2.75, 3.05) is 0 Å². The Morgan fingerprint density at radius 2 is 1.27 bits per heavy atom. The average Bonchev–Trinajstić information content (AvgIpc) is 2.94. The van der Waals surface area contributed by atoms with Gasteiger partial charge < -0.3 is 9.63 Å². The smallest absolute Gasteiger partial charge is 0.347 e. The summed E-state index contributed by atoms with van der Waals surface area (Å²) in [6.45, 7) is 0. The van der Waals surface area contributed by atoms with Gasteiger partial charge in [0.2, 0.25) is 0 Å². The third-order valence-electron chi connectivity index (χ3n) is 6.09. The maximum atomic E-state index is 12.3. The first kappa shape index (κ1) is 28.0. The molecule has 5 unspecified atom stereocenters. The molecule has 0 aliphatic carbocycles. The third kappa shape index (κ3) is 8.51. The monoisotopic (exact) mass is 568 g/mol. The van der Waals surface area contributed by atoms with E-state index >= 15 is 0 Å².